The topological polar surface area (TPSA) is 217 Å². The number of Topliss-reactive ketones (excluding diaryl/α,β-unsaturated/α-hetero) is 1. The minimum atomic E-state index is -2.04. The molecule has 0 saturated heterocycles. The van der Waals surface area contributed by atoms with Crippen LogP contribution in [0.1, 0.15) is 70.0 Å². The number of carbonyl (C=O) groups excluding carboxylic acids is 3. The number of aromatic hydroxyl groups is 3. The predicted octanol–water partition coefficient (Wildman–Crippen LogP) is 4.65. The van der Waals surface area contributed by atoms with Crippen molar-refractivity contribution in [1.29, 1.82) is 0 Å². The molecule has 15 heteroatoms. The Balaban J connectivity index is 1.97. The number of ether oxygens (including phenoxy) is 4. The molecule has 3 heterocycles. The van der Waals surface area contributed by atoms with Crippen LogP contribution in [0.4, 0.5) is 5.69 Å². The van der Waals surface area contributed by atoms with E-state index in [4.69, 9.17) is 18.9 Å². The van der Waals surface area contributed by atoms with Crippen LogP contribution in [-0.4, -0.2) is 106 Å². The molecule has 2 aromatic carbocycles. The minimum Gasteiger partial charge on any atom is -0.507 e. The Hall–Kier alpha value is -5.12. The Morgan fingerprint density at radius 3 is 2.22 bits per heavy atom. The molecule has 2 aromatic rings. The van der Waals surface area contributed by atoms with Crippen molar-refractivity contribution in [2.45, 2.75) is 85.6 Å². The average Bonchev–Trinajstić information content (AvgIpc) is 3.39. The largest absolute Gasteiger partial charge is 0.507 e. The molecule has 15 nitrogen and oxygen atoms in total. The van der Waals surface area contributed by atoms with Gasteiger partial charge in [-0.05, 0) is 19.9 Å². The highest BCUT2D eigenvalue weighted by atomic mass is 16.7. The molecule has 0 fully saturated rings. The number of aliphatic hydroxyl groups is 2. The van der Waals surface area contributed by atoms with Crippen LogP contribution in [0.2, 0.25) is 0 Å². The Kier molecular flexibility index (Phi) is 13.0. The SMILES string of the molecule is CO[C@H]1/C=C\O[C@@]2(C)Oc3c(C)c(O)c4c(O)c(c(C=NN(C)C)c(O)c4c3C2=O)NC(=O)/C(C)=C\C=C/[C@H](C)[C@H](O)[C@@H](C)[C@@H](O)[C@@H](C)[C@H](OC(C)=O)[C@@H]1C. The number of rotatable bonds is 4. The third kappa shape index (κ3) is 8.28. The number of nitrogens with zero attached hydrogens (tertiary/aromatic N) is 2. The van der Waals surface area contributed by atoms with Gasteiger partial charge in [-0.2, -0.15) is 5.10 Å². The van der Waals surface area contributed by atoms with E-state index in [1.54, 1.807) is 53.9 Å². The van der Waals surface area contributed by atoms with Crippen molar-refractivity contribution in [3.63, 3.8) is 0 Å². The molecule has 0 aromatic heterocycles. The second kappa shape index (κ2) is 16.7. The normalized spacial score (nSPS) is 31.4. The molecule has 9 atom stereocenters. The maximum atomic E-state index is 14.3. The maximum absolute atomic E-state index is 14.3. The van der Waals surface area contributed by atoms with Crippen molar-refractivity contribution in [1.82, 2.24) is 5.01 Å². The molecule has 300 valence electrons. The standard InChI is InChI=1S/C40H53N3O12/c1-18-13-12-14-19(2)39(51)42-30-25(17-41-43(9)10)34(48)27-28(35(30)49)33(47)23(6)37-29(27)38(50)40(8,55-37)53-16-15-26(52-11)20(3)36(54-24(7)44)22(5)32(46)21(4)31(18)45/h12-18,20-22,26,31-32,36,45-49H,1-11H3,(H,42,51)/b13-12-,16-15-,19-14-,41-17?/t18-,20+,21+,22+,26-,31-,32+,36+,40-/m0/s1. The Morgan fingerprint density at radius 2 is 1.62 bits per heavy atom. The molecule has 0 unspecified atom stereocenters. The molecule has 0 radical (unpaired) electrons. The van der Waals surface area contributed by atoms with Crippen LogP contribution < -0.4 is 10.1 Å². The Morgan fingerprint density at radius 1 is 0.964 bits per heavy atom. The number of aliphatic hydroxyl groups excluding tert-OH is 2. The van der Waals surface area contributed by atoms with Crippen molar-refractivity contribution >= 4 is 40.3 Å². The number of allylic oxidation sites excluding steroid dienone is 2. The van der Waals surface area contributed by atoms with Crippen molar-refractivity contribution in [3.8, 4) is 23.0 Å². The van der Waals surface area contributed by atoms with Crippen LogP contribution in [0.5, 0.6) is 23.0 Å². The number of phenolic OH excluding ortho intramolecular Hbond substituents is 3. The summed E-state index contributed by atoms with van der Waals surface area (Å²) in [5.74, 6) is -8.43. The molecule has 3 aliphatic heterocycles. The van der Waals surface area contributed by atoms with Gasteiger partial charge in [-0.3, -0.25) is 14.4 Å². The van der Waals surface area contributed by atoms with E-state index in [1.165, 1.54) is 64.4 Å². The van der Waals surface area contributed by atoms with Crippen molar-refractivity contribution in [2.24, 2.45) is 28.8 Å². The number of hydrogen-bond acceptors (Lipinski definition) is 14. The highest BCUT2D eigenvalue weighted by Gasteiger charge is 2.50. The smallest absolute Gasteiger partial charge is 0.312 e. The fourth-order valence-corrected chi connectivity index (χ4v) is 7.05. The van der Waals surface area contributed by atoms with E-state index < -0.39 is 88.8 Å². The third-order valence-corrected chi connectivity index (χ3v) is 10.5. The first-order chi connectivity index (χ1) is 25.7. The maximum Gasteiger partial charge on any atom is 0.312 e. The fraction of sp³-hybridized carbons (Fsp3) is 0.500. The number of methoxy groups -OCH3 is 1. The zero-order chi connectivity index (χ0) is 41.3. The van der Waals surface area contributed by atoms with Gasteiger partial charge in [-0.1, -0.05) is 45.9 Å². The van der Waals surface area contributed by atoms with Crippen molar-refractivity contribution < 1.29 is 58.9 Å². The lowest BCUT2D eigenvalue weighted by Gasteiger charge is -2.38. The summed E-state index contributed by atoms with van der Waals surface area (Å²) in [5.41, 5.74) is -0.445. The van der Waals surface area contributed by atoms with Gasteiger partial charge in [0.05, 0.1) is 53.0 Å². The fourth-order valence-electron chi connectivity index (χ4n) is 7.05. The minimum absolute atomic E-state index is 0.0475. The Labute approximate surface area is 320 Å². The van der Waals surface area contributed by atoms with E-state index >= 15 is 0 Å². The van der Waals surface area contributed by atoms with Gasteiger partial charge in [0.1, 0.15) is 23.4 Å². The lowest BCUT2D eigenvalue weighted by molar-refractivity contribution is -0.160. The van der Waals surface area contributed by atoms with E-state index in [1.807, 2.05) is 0 Å². The number of phenols is 3. The summed E-state index contributed by atoms with van der Waals surface area (Å²) in [6, 6.07) is 0. The molecule has 6 N–H and O–H groups in total. The molecular weight excluding hydrogens is 714 g/mol. The number of benzene rings is 2. The summed E-state index contributed by atoms with van der Waals surface area (Å²) < 4.78 is 23.4. The van der Waals surface area contributed by atoms with Gasteiger partial charge in [0.25, 0.3) is 11.7 Å². The zero-order valence-corrected chi connectivity index (χ0v) is 33.1. The number of anilines is 1. The molecule has 0 saturated carbocycles. The third-order valence-electron chi connectivity index (χ3n) is 10.5. The van der Waals surface area contributed by atoms with Crippen LogP contribution in [0.15, 0.2) is 41.2 Å². The van der Waals surface area contributed by atoms with Gasteiger partial charge in [-0.15, -0.1) is 0 Å². The van der Waals surface area contributed by atoms with Gasteiger partial charge >= 0.3 is 11.8 Å². The van der Waals surface area contributed by atoms with Crippen LogP contribution in [0, 0.1) is 30.6 Å². The summed E-state index contributed by atoms with van der Waals surface area (Å²) in [7, 11) is 4.65. The first kappa shape index (κ1) is 42.6. The summed E-state index contributed by atoms with van der Waals surface area (Å²) in [6.07, 6.45) is 4.69. The van der Waals surface area contributed by atoms with Crippen LogP contribution in [-0.2, 0) is 23.8 Å². The summed E-state index contributed by atoms with van der Waals surface area (Å²) in [6.45, 7) is 12.4. The van der Waals surface area contributed by atoms with E-state index in [2.05, 4.69) is 10.4 Å². The van der Waals surface area contributed by atoms with E-state index in [0.717, 1.165) is 0 Å². The van der Waals surface area contributed by atoms with Gasteiger partial charge in [0.15, 0.2) is 5.75 Å². The second-order valence-corrected chi connectivity index (χ2v) is 14.7. The van der Waals surface area contributed by atoms with Gasteiger partial charge < -0.3 is 54.8 Å². The first-order valence-electron chi connectivity index (χ1n) is 18.0. The highest BCUT2D eigenvalue weighted by Crippen LogP contribution is 2.55. The average molecular weight is 768 g/mol. The lowest BCUT2D eigenvalue weighted by atomic mass is 9.78. The van der Waals surface area contributed by atoms with E-state index in [-0.39, 0.29) is 44.5 Å². The highest BCUT2D eigenvalue weighted by molar-refractivity contribution is 6.23. The monoisotopic (exact) mass is 767 g/mol. The van der Waals surface area contributed by atoms with Crippen LogP contribution in [0.25, 0.3) is 10.8 Å². The summed E-state index contributed by atoms with van der Waals surface area (Å²) in [4.78, 5) is 40.1. The first-order valence-corrected chi connectivity index (χ1v) is 18.0. The van der Waals surface area contributed by atoms with Crippen LogP contribution in [0.3, 0.4) is 0 Å². The number of esters is 1. The summed E-state index contributed by atoms with van der Waals surface area (Å²) >= 11 is 0. The number of carbonyl (C=O) groups is 3. The zero-order valence-electron chi connectivity index (χ0n) is 33.1. The van der Waals surface area contributed by atoms with Crippen molar-refractivity contribution in [3.05, 3.63) is 52.8 Å². The Bertz CT molecular complexity index is 1950. The summed E-state index contributed by atoms with van der Waals surface area (Å²) in [5, 5.41) is 65.3. The number of hydrazone groups is 1. The quantitative estimate of drug-likeness (QED) is 0.0822. The lowest BCUT2D eigenvalue weighted by Crippen LogP contribution is -2.46. The number of hydrogen-bond donors (Lipinski definition) is 6. The van der Waals surface area contributed by atoms with Crippen molar-refractivity contribution in [2.75, 3.05) is 26.5 Å². The number of amides is 1. The van der Waals surface area contributed by atoms with E-state index in [0.29, 0.717) is 0 Å². The van der Waals surface area contributed by atoms with Gasteiger partial charge in [-0.25, -0.2) is 0 Å². The molecule has 0 spiro atoms. The second-order valence-electron chi connectivity index (χ2n) is 14.7. The molecule has 55 heavy (non-hydrogen) atoms. The molecule has 5 rings (SSSR count). The molecule has 0 aliphatic carbocycles. The van der Waals surface area contributed by atoms with Crippen LogP contribution >= 0.6 is 0 Å². The number of fused-ring (bicyclic) bond motifs is 14. The number of ketones is 1. The molecular formula is C40H53N3O12. The van der Waals surface area contributed by atoms with E-state index in [9.17, 15) is 39.9 Å². The molecule has 3 aliphatic rings. The molecule has 5 bridgehead atoms. The predicted molar refractivity (Wildman–Crippen MR) is 205 cm³/mol. The van der Waals surface area contributed by atoms with Gasteiger partial charge in [0.2, 0.25) is 0 Å². The van der Waals surface area contributed by atoms with Gasteiger partial charge in [0, 0.05) is 75.2 Å². The number of nitrogens with one attached hydrogen (secondary N) is 1. The molecule has 1 amide bonds.